The highest BCUT2D eigenvalue weighted by atomic mass is 35.5. The van der Waals surface area contributed by atoms with Crippen LogP contribution in [0.2, 0.25) is 5.02 Å². The second-order valence-corrected chi connectivity index (χ2v) is 6.25. The van der Waals surface area contributed by atoms with Gasteiger partial charge in [-0.1, -0.05) is 30.7 Å². The molecule has 138 valence electrons. The second-order valence-electron chi connectivity index (χ2n) is 5.84. The molecule has 1 atom stereocenters. The Labute approximate surface area is 159 Å². The van der Waals surface area contributed by atoms with E-state index >= 15 is 0 Å². The highest BCUT2D eigenvalue weighted by molar-refractivity contribution is 6.32. The van der Waals surface area contributed by atoms with Crippen molar-refractivity contribution in [3.8, 4) is 11.5 Å². The molecule has 0 unspecified atom stereocenters. The van der Waals surface area contributed by atoms with Crippen LogP contribution < -0.4 is 14.9 Å². The van der Waals surface area contributed by atoms with Crippen molar-refractivity contribution in [3.05, 3.63) is 58.6 Å². The van der Waals surface area contributed by atoms with Crippen molar-refractivity contribution < 1.29 is 14.3 Å². The zero-order chi connectivity index (χ0) is 18.9. The summed E-state index contributed by atoms with van der Waals surface area (Å²) in [5.41, 5.74) is 4.17. The van der Waals surface area contributed by atoms with Gasteiger partial charge in [-0.3, -0.25) is 4.79 Å². The zero-order valence-electron chi connectivity index (χ0n) is 15.2. The molecule has 1 amide bonds. The molecule has 0 aliphatic heterocycles. The number of amides is 1. The maximum atomic E-state index is 11.9. The summed E-state index contributed by atoms with van der Waals surface area (Å²) < 4.78 is 10.8. The van der Waals surface area contributed by atoms with Crippen LogP contribution >= 0.6 is 11.6 Å². The average Bonchev–Trinajstić information content (AvgIpc) is 2.64. The first-order valence-electron chi connectivity index (χ1n) is 8.42. The van der Waals surface area contributed by atoms with Gasteiger partial charge in [-0.15, -0.1) is 0 Å². The number of carbonyl (C=O) groups is 1. The standard InChI is InChI=1S/C20H23ClN2O3/c1-4-14(2)26-19-10-7-16(11-18(19)21)13-22-23-20(24)12-15-5-8-17(25-3)9-6-15/h5-11,13-14H,4,12H2,1-3H3,(H,23,24)/b22-13+/t14-/m1/s1. The zero-order valence-corrected chi connectivity index (χ0v) is 15.9. The van der Waals surface area contributed by atoms with Gasteiger partial charge in [0.15, 0.2) is 0 Å². The van der Waals surface area contributed by atoms with Crippen molar-refractivity contribution >= 4 is 23.7 Å². The summed E-state index contributed by atoms with van der Waals surface area (Å²) in [4.78, 5) is 11.9. The fourth-order valence-electron chi connectivity index (χ4n) is 2.14. The first kappa shape index (κ1) is 19.8. The number of benzene rings is 2. The molecule has 0 radical (unpaired) electrons. The van der Waals surface area contributed by atoms with Crippen LogP contribution in [0.3, 0.4) is 0 Å². The number of methoxy groups -OCH3 is 1. The first-order valence-corrected chi connectivity index (χ1v) is 8.80. The van der Waals surface area contributed by atoms with Crippen LogP contribution in [-0.2, 0) is 11.2 Å². The third-order valence-corrected chi connectivity index (χ3v) is 4.08. The summed E-state index contributed by atoms with van der Waals surface area (Å²) in [5.74, 6) is 1.20. The van der Waals surface area contributed by atoms with Gasteiger partial charge < -0.3 is 9.47 Å². The predicted octanol–water partition coefficient (Wildman–Crippen LogP) is 4.22. The van der Waals surface area contributed by atoms with E-state index in [9.17, 15) is 4.79 Å². The largest absolute Gasteiger partial charge is 0.497 e. The molecule has 0 aliphatic rings. The van der Waals surface area contributed by atoms with Gasteiger partial charge in [0.1, 0.15) is 11.5 Å². The quantitative estimate of drug-likeness (QED) is 0.556. The van der Waals surface area contributed by atoms with Crippen molar-refractivity contribution in [2.24, 2.45) is 5.10 Å². The Kier molecular flexibility index (Phi) is 7.48. The van der Waals surface area contributed by atoms with E-state index in [2.05, 4.69) is 10.5 Å². The number of ether oxygens (including phenoxy) is 2. The van der Waals surface area contributed by atoms with Gasteiger partial charge in [0.2, 0.25) is 5.91 Å². The normalized spacial score (nSPS) is 12.0. The fraction of sp³-hybridized carbons (Fsp3) is 0.300. The number of hydrogen-bond donors (Lipinski definition) is 1. The van der Waals surface area contributed by atoms with Gasteiger partial charge in [0, 0.05) is 0 Å². The third kappa shape index (κ3) is 6.08. The summed E-state index contributed by atoms with van der Waals surface area (Å²) in [5, 5.41) is 4.48. The van der Waals surface area contributed by atoms with E-state index in [1.54, 1.807) is 25.5 Å². The van der Waals surface area contributed by atoms with Crippen LogP contribution in [0.15, 0.2) is 47.6 Å². The fourth-order valence-corrected chi connectivity index (χ4v) is 2.37. The molecule has 0 spiro atoms. The summed E-state index contributed by atoms with van der Waals surface area (Å²) in [6.45, 7) is 4.04. The van der Waals surface area contributed by atoms with Crippen LogP contribution in [0.4, 0.5) is 0 Å². The van der Waals surface area contributed by atoms with Crippen molar-refractivity contribution in [3.63, 3.8) is 0 Å². The van der Waals surface area contributed by atoms with Gasteiger partial charge in [0.05, 0.1) is 30.9 Å². The third-order valence-electron chi connectivity index (χ3n) is 3.79. The number of halogens is 1. The predicted molar refractivity (Wildman–Crippen MR) is 104 cm³/mol. The second kappa shape index (κ2) is 9.82. The summed E-state index contributed by atoms with van der Waals surface area (Å²) in [6, 6.07) is 12.7. The van der Waals surface area contributed by atoms with Gasteiger partial charge in [0.25, 0.3) is 0 Å². The van der Waals surface area contributed by atoms with Gasteiger partial charge in [-0.05, 0) is 54.8 Å². The molecule has 1 N–H and O–H groups in total. The van der Waals surface area contributed by atoms with Gasteiger partial charge >= 0.3 is 0 Å². The number of nitrogens with zero attached hydrogens (tertiary/aromatic N) is 1. The van der Waals surface area contributed by atoms with E-state index in [-0.39, 0.29) is 18.4 Å². The lowest BCUT2D eigenvalue weighted by atomic mass is 10.1. The van der Waals surface area contributed by atoms with Crippen molar-refractivity contribution in [1.29, 1.82) is 0 Å². The molecule has 2 aromatic rings. The minimum atomic E-state index is -0.200. The van der Waals surface area contributed by atoms with Crippen LogP contribution in [-0.4, -0.2) is 25.3 Å². The molecule has 0 heterocycles. The molecule has 0 saturated heterocycles. The molecule has 0 bridgehead atoms. The SMILES string of the molecule is CC[C@@H](C)Oc1ccc(/C=N/NC(=O)Cc2ccc(OC)cc2)cc1Cl. The number of nitrogens with one attached hydrogen (secondary N) is 1. The Balaban J connectivity index is 1.88. The number of hydrazone groups is 1. The Bertz CT molecular complexity index is 760. The van der Waals surface area contributed by atoms with Crippen LogP contribution in [0.5, 0.6) is 11.5 Å². The molecule has 6 heteroatoms. The van der Waals surface area contributed by atoms with Gasteiger partial charge in [-0.2, -0.15) is 5.10 Å². The summed E-state index contributed by atoms with van der Waals surface area (Å²) in [7, 11) is 1.60. The Morgan fingerprint density at radius 2 is 2.00 bits per heavy atom. The molecule has 0 aliphatic carbocycles. The summed E-state index contributed by atoms with van der Waals surface area (Å²) >= 11 is 6.22. The lowest BCUT2D eigenvalue weighted by Gasteiger charge is -2.13. The summed E-state index contributed by atoms with van der Waals surface area (Å²) in [6.07, 6.45) is 2.79. The molecular formula is C20H23ClN2O3. The first-order chi connectivity index (χ1) is 12.5. The Hall–Kier alpha value is -2.53. The van der Waals surface area contributed by atoms with E-state index in [1.165, 1.54) is 0 Å². The molecular weight excluding hydrogens is 352 g/mol. The van der Waals surface area contributed by atoms with E-state index in [1.807, 2.05) is 44.2 Å². The molecule has 5 nitrogen and oxygen atoms in total. The van der Waals surface area contributed by atoms with Crippen molar-refractivity contribution in [1.82, 2.24) is 5.43 Å². The highest BCUT2D eigenvalue weighted by Crippen LogP contribution is 2.26. The van der Waals surface area contributed by atoms with Crippen molar-refractivity contribution in [2.75, 3.05) is 7.11 Å². The minimum absolute atomic E-state index is 0.101. The number of rotatable bonds is 8. The average molecular weight is 375 g/mol. The van der Waals surface area contributed by atoms with E-state index in [0.717, 1.165) is 23.3 Å². The molecule has 0 fully saturated rings. The van der Waals surface area contributed by atoms with E-state index in [4.69, 9.17) is 21.1 Å². The number of hydrogen-bond acceptors (Lipinski definition) is 4. The Morgan fingerprint density at radius 3 is 2.62 bits per heavy atom. The lowest BCUT2D eigenvalue weighted by molar-refractivity contribution is -0.120. The molecule has 2 rings (SSSR count). The van der Waals surface area contributed by atoms with Crippen LogP contribution in [0, 0.1) is 0 Å². The number of carbonyl (C=O) groups excluding carboxylic acids is 1. The lowest BCUT2D eigenvalue weighted by Crippen LogP contribution is -2.19. The van der Waals surface area contributed by atoms with Crippen LogP contribution in [0.1, 0.15) is 31.4 Å². The minimum Gasteiger partial charge on any atom is -0.497 e. The maximum Gasteiger partial charge on any atom is 0.244 e. The van der Waals surface area contributed by atoms with Crippen LogP contribution in [0.25, 0.3) is 0 Å². The van der Waals surface area contributed by atoms with Crippen molar-refractivity contribution in [2.45, 2.75) is 32.8 Å². The van der Waals surface area contributed by atoms with E-state index < -0.39 is 0 Å². The molecule has 0 saturated carbocycles. The monoisotopic (exact) mass is 374 g/mol. The Morgan fingerprint density at radius 1 is 1.27 bits per heavy atom. The molecule has 2 aromatic carbocycles. The van der Waals surface area contributed by atoms with Gasteiger partial charge in [-0.25, -0.2) is 5.43 Å². The molecule has 26 heavy (non-hydrogen) atoms. The highest BCUT2D eigenvalue weighted by Gasteiger charge is 2.06. The topological polar surface area (TPSA) is 59.9 Å². The smallest absolute Gasteiger partial charge is 0.244 e. The molecule has 0 aromatic heterocycles. The maximum absolute atomic E-state index is 11.9. The van der Waals surface area contributed by atoms with E-state index in [0.29, 0.717) is 10.8 Å².